The normalized spacial score (nSPS) is 12.5. The molecule has 0 aliphatic rings. The molecule has 4 heteroatoms. The Kier molecular flexibility index (Phi) is 3.67. The summed E-state index contributed by atoms with van der Waals surface area (Å²) in [6.07, 6.45) is 0. The molecule has 0 spiro atoms. The van der Waals surface area contributed by atoms with Crippen molar-refractivity contribution >= 4 is 23.2 Å². The van der Waals surface area contributed by atoms with E-state index in [0.717, 1.165) is 5.56 Å². The highest BCUT2D eigenvalue weighted by atomic mass is 35.5. The van der Waals surface area contributed by atoms with Crippen molar-refractivity contribution in [2.45, 2.75) is 6.04 Å². The van der Waals surface area contributed by atoms with Crippen molar-refractivity contribution in [3.8, 4) is 0 Å². The molecule has 17 heavy (non-hydrogen) atoms. The van der Waals surface area contributed by atoms with E-state index in [0.29, 0.717) is 15.6 Å². The van der Waals surface area contributed by atoms with Crippen molar-refractivity contribution in [3.63, 3.8) is 0 Å². The van der Waals surface area contributed by atoms with Crippen LogP contribution in [0.3, 0.4) is 0 Å². The van der Waals surface area contributed by atoms with Gasteiger partial charge in [0.25, 0.3) is 0 Å². The molecule has 1 nitrogen and oxygen atoms in total. The number of hydrogen-bond donors (Lipinski definition) is 1. The van der Waals surface area contributed by atoms with Gasteiger partial charge in [-0.3, -0.25) is 0 Å². The summed E-state index contributed by atoms with van der Waals surface area (Å²) in [5, 5.41) is 0.971. The van der Waals surface area contributed by atoms with E-state index in [1.165, 1.54) is 12.1 Å². The smallest absolute Gasteiger partial charge is 0.124 e. The van der Waals surface area contributed by atoms with Crippen LogP contribution in [0.15, 0.2) is 42.5 Å². The first-order valence-corrected chi connectivity index (χ1v) is 5.79. The molecule has 0 saturated carbocycles. The molecule has 88 valence electrons. The fraction of sp³-hybridized carbons (Fsp3) is 0.0769. The lowest BCUT2D eigenvalue weighted by molar-refractivity contribution is 0.626. The van der Waals surface area contributed by atoms with Crippen LogP contribution in [-0.2, 0) is 0 Å². The Morgan fingerprint density at radius 3 is 2.24 bits per heavy atom. The largest absolute Gasteiger partial charge is 0.320 e. The van der Waals surface area contributed by atoms with Crippen molar-refractivity contribution in [2.24, 2.45) is 5.73 Å². The van der Waals surface area contributed by atoms with Crippen LogP contribution in [0.25, 0.3) is 0 Å². The minimum atomic E-state index is -0.389. The summed E-state index contributed by atoms with van der Waals surface area (Å²) >= 11 is 11.8. The molecule has 2 aromatic carbocycles. The molecule has 1 atom stereocenters. The minimum Gasteiger partial charge on any atom is -0.320 e. The number of benzene rings is 2. The monoisotopic (exact) mass is 269 g/mol. The summed E-state index contributed by atoms with van der Waals surface area (Å²) in [6, 6.07) is 11.0. The molecule has 0 aliphatic carbocycles. The van der Waals surface area contributed by atoms with Gasteiger partial charge in [0, 0.05) is 10.0 Å². The maximum Gasteiger partial charge on any atom is 0.124 e. The summed E-state index contributed by atoms with van der Waals surface area (Å²) in [6.45, 7) is 0. The van der Waals surface area contributed by atoms with E-state index in [9.17, 15) is 4.39 Å². The third-order valence-electron chi connectivity index (χ3n) is 2.53. The van der Waals surface area contributed by atoms with Crippen molar-refractivity contribution < 1.29 is 4.39 Å². The van der Waals surface area contributed by atoms with Gasteiger partial charge < -0.3 is 5.73 Å². The molecule has 0 aliphatic heterocycles. The number of hydrogen-bond acceptors (Lipinski definition) is 1. The van der Waals surface area contributed by atoms with Gasteiger partial charge in [-0.05, 0) is 35.4 Å². The van der Waals surface area contributed by atoms with Crippen LogP contribution in [-0.4, -0.2) is 0 Å². The van der Waals surface area contributed by atoms with E-state index in [1.807, 2.05) is 12.1 Å². The highest BCUT2D eigenvalue weighted by Crippen LogP contribution is 2.27. The molecule has 0 heterocycles. The first-order valence-electron chi connectivity index (χ1n) is 5.04. The van der Waals surface area contributed by atoms with Gasteiger partial charge in [-0.2, -0.15) is 0 Å². The van der Waals surface area contributed by atoms with Crippen LogP contribution in [0.5, 0.6) is 0 Å². The van der Waals surface area contributed by atoms with Crippen molar-refractivity contribution in [1.82, 2.24) is 0 Å². The van der Waals surface area contributed by atoms with Gasteiger partial charge >= 0.3 is 0 Å². The fourth-order valence-corrected chi connectivity index (χ4v) is 2.01. The first kappa shape index (κ1) is 12.4. The van der Waals surface area contributed by atoms with Crippen LogP contribution < -0.4 is 5.73 Å². The lowest BCUT2D eigenvalue weighted by Crippen LogP contribution is -2.12. The molecule has 0 radical (unpaired) electrons. The number of halogens is 3. The Morgan fingerprint density at radius 2 is 1.65 bits per heavy atom. The second-order valence-corrected chi connectivity index (χ2v) is 4.54. The fourth-order valence-electron chi connectivity index (χ4n) is 1.60. The second-order valence-electron chi connectivity index (χ2n) is 3.70. The molecular formula is C13H10Cl2FN. The maximum atomic E-state index is 12.9. The number of nitrogens with two attached hydrogens (primary N) is 1. The van der Waals surface area contributed by atoms with Gasteiger partial charge in [-0.15, -0.1) is 0 Å². The zero-order valence-electron chi connectivity index (χ0n) is 8.83. The lowest BCUT2D eigenvalue weighted by atomic mass is 10.00. The first-order chi connectivity index (χ1) is 8.08. The van der Waals surface area contributed by atoms with Crippen LogP contribution in [0.4, 0.5) is 4.39 Å². The second kappa shape index (κ2) is 5.05. The van der Waals surface area contributed by atoms with E-state index in [1.54, 1.807) is 18.2 Å². The molecule has 2 aromatic rings. The summed E-state index contributed by atoms with van der Waals surface area (Å²) in [5.74, 6) is -0.373. The van der Waals surface area contributed by atoms with Crippen LogP contribution in [0.1, 0.15) is 17.2 Å². The zero-order chi connectivity index (χ0) is 12.4. The molecule has 0 saturated heterocycles. The van der Waals surface area contributed by atoms with Gasteiger partial charge in [0.15, 0.2) is 0 Å². The molecule has 2 rings (SSSR count). The van der Waals surface area contributed by atoms with E-state index >= 15 is 0 Å². The van der Waals surface area contributed by atoms with Crippen LogP contribution >= 0.6 is 23.2 Å². The third-order valence-corrected chi connectivity index (χ3v) is 3.11. The minimum absolute atomic E-state index is 0.326. The Bertz CT molecular complexity index is 525. The molecule has 0 fully saturated rings. The quantitative estimate of drug-likeness (QED) is 0.870. The highest BCUT2D eigenvalue weighted by Gasteiger charge is 2.12. The third kappa shape index (κ3) is 2.78. The summed E-state index contributed by atoms with van der Waals surface area (Å²) in [7, 11) is 0. The van der Waals surface area contributed by atoms with Gasteiger partial charge in [0.2, 0.25) is 0 Å². The van der Waals surface area contributed by atoms with Gasteiger partial charge in [0.05, 0.1) is 6.04 Å². The van der Waals surface area contributed by atoms with E-state index in [-0.39, 0.29) is 11.9 Å². The van der Waals surface area contributed by atoms with Gasteiger partial charge in [0.1, 0.15) is 5.82 Å². The van der Waals surface area contributed by atoms with Crippen LogP contribution in [0, 0.1) is 5.82 Å². The molecule has 0 amide bonds. The molecule has 0 aromatic heterocycles. The average molecular weight is 270 g/mol. The Labute approximate surface area is 109 Å². The Hall–Kier alpha value is -1.09. The van der Waals surface area contributed by atoms with Crippen molar-refractivity contribution in [3.05, 3.63) is 69.5 Å². The van der Waals surface area contributed by atoms with E-state index < -0.39 is 0 Å². The SMILES string of the molecule is NC(c1ccc(Cl)cc1)c1ccc(F)cc1Cl. The Morgan fingerprint density at radius 1 is 1.00 bits per heavy atom. The Balaban J connectivity index is 2.36. The number of rotatable bonds is 2. The zero-order valence-corrected chi connectivity index (χ0v) is 10.3. The summed E-state index contributed by atoms with van der Waals surface area (Å²) in [5.41, 5.74) is 7.64. The van der Waals surface area contributed by atoms with Gasteiger partial charge in [-0.1, -0.05) is 41.4 Å². The molecule has 2 N–H and O–H groups in total. The predicted octanol–water partition coefficient (Wildman–Crippen LogP) is 4.18. The maximum absolute atomic E-state index is 12.9. The van der Waals surface area contributed by atoms with Gasteiger partial charge in [-0.25, -0.2) is 4.39 Å². The van der Waals surface area contributed by atoms with Crippen molar-refractivity contribution in [2.75, 3.05) is 0 Å². The van der Waals surface area contributed by atoms with E-state index in [2.05, 4.69) is 0 Å². The lowest BCUT2D eigenvalue weighted by Gasteiger charge is -2.14. The highest BCUT2D eigenvalue weighted by molar-refractivity contribution is 6.31. The summed E-state index contributed by atoms with van der Waals surface area (Å²) in [4.78, 5) is 0. The average Bonchev–Trinajstić information content (AvgIpc) is 2.29. The summed E-state index contributed by atoms with van der Waals surface area (Å²) < 4.78 is 12.9. The van der Waals surface area contributed by atoms with Crippen molar-refractivity contribution in [1.29, 1.82) is 0 Å². The van der Waals surface area contributed by atoms with Crippen LogP contribution in [0.2, 0.25) is 10.0 Å². The standard InChI is InChI=1S/C13H10Cl2FN/c14-9-3-1-8(2-4-9)13(17)11-6-5-10(16)7-12(11)15/h1-7,13H,17H2. The molecule has 0 bridgehead atoms. The predicted molar refractivity (Wildman–Crippen MR) is 68.9 cm³/mol. The topological polar surface area (TPSA) is 26.0 Å². The molecule has 1 unspecified atom stereocenters. The van der Waals surface area contributed by atoms with E-state index in [4.69, 9.17) is 28.9 Å². The molecular weight excluding hydrogens is 260 g/mol.